The highest BCUT2D eigenvalue weighted by molar-refractivity contribution is 6.03. The lowest BCUT2D eigenvalue weighted by atomic mass is 10.0. The third-order valence-corrected chi connectivity index (χ3v) is 4.87. The van der Waals surface area contributed by atoms with Crippen molar-refractivity contribution in [2.75, 3.05) is 6.61 Å². The Balaban J connectivity index is 2.01. The van der Waals surface area contributed by atoms with Crippen LogP contribution in [0.3, 0.4) is 0 Å². The van der Waals surface area contributed by atoms with Gasteiger partial charge in [-0.15, -0.1) is 0 Å². The summed E-state index contributed by atoms with van der Waals surface area (Å²) in [4.78, 5) is 20.7. The van der Waals surface area contributed by atoms with Gasteiger partial charge in [-0.2, -0.15) is 5.26 Å². The van der Waals surface area contributed by atoms with Crippen molar-refractivity contribution in [2.24, 2.45) is 5.73 Å². The number of primary amides is 1. The number of nitriles is 1. The number of rotatable bonds is 3. The summed E-state index contributed by atoms with van der Waals surface area (Å²) in [6.07, 6.45) is 3.59. The summed E-state index contributed by atoms with van der Waals surface area (Å²) in [6, 6.07) is 7.76. The molecule has 2 atom stereocenters. The second kappa shape index (κ2) is 6.39. The number of carbonyl (C=O) groups excluding carboxylic acids is 1. The number of fused-ring (bicyclic) bond motifs is 3. The number of hydrogen-bond acceptors (Lipinski definition) is 5. The number of benzene rings is 1. The Kier molecular flexibility index (Phi) is 4.05. The summed E-state index contributed by atoms with van der Waals surface area (Å²) in [7, 11) is 0. The predicted molar refractivity (Wildman–Crippen MR) is 96.3 cm³/mol. The molecular formula is C19H19N5O2. The van der Waals surface area contributed by atoms with Crippen LogP contribution >= 0.6 is 0 Å². The van der Waals surface area contributed by atoms with E-state index in [1.54, 1.807) is 12.3 Å². The first-order valence-corrected chi connectivity index (χ1v) is 8.66. The van der Waals surface area contributed by atoms with Crippen molar-refractivity contribution >= 4 is 27.8 Å². The zero-order valence-corrected chi connectivity index (χ0v) is 14.5. The van der Waals surface area contributed by atoms with E-state index in [1.165, 1.54) is 0 Å². The zero-order valence-electron chi connectivity index (χ0n) is 14.5. The van der Waals surface area contributed by atoms with E-state index in [1.807, 2.05) is 19.1 Å². The van der Waals surface area contributed by atoms with Gasteiger partial charge in [0.2, 0.25) is 5.91 Å². The van der Waals surface area contributed by atoms with Crippen LogP contribution in [0.1, 0.15) is 37.2 Å². The molecule has 0 bridgehead atoms. The maximum absolute atomic E-state index is 11.6. The highest BCUT2D eigenvalue weighted by Crippen LogP contribution is 2.33. The van der Waals surface area contributed by atoms with Crippen LogP contribution in [-0.2, 0) is 16.0 Å². The van der Waals surface area contributed by atoms with Crippen LogP contribution in [0.5, 0.6) is 0 Å². The minimum Gasteiger partial charge on any atom is -0.378 e. The highest BCUT2D eigenvalue weighted by Gasteiger charge is 2.26. The molecule has 7 nitrogen and oxygen atoms in total. The van der Waals surface area contributed by atoms with Gasteiger partial charge in [-0.3, -0.25) is 9.78 Å². The van der Waals surface area contributed by atoms with Gasteiger partial charge in [0, 0.05) is 18.0 Å². The molecule has 1 unspecified atom stereocenters. The number of nitrogens with zero attached hydrogens (tertiary/aromatic N) is 4. The molecular weight excluding hydrogens is 330 g/mol. The van der Waals surface area contributed by atoms with E-state index in [2.05, 4.69) is 20.6 Å². The van der Waals surface area contributed by atoms with Crippen molar-refractivity contribution in [3.63, 3.8) is 0 Å². The van der Waals surface area contributed by atoms with Gasteiger partial charge < -0.3 is 15.0 Å². The molecule has 0 radical (unpaired) electrons. The normalized spacial score (nSPS) is 20.3. The smallest absolute Gasteiger partial charge is 0.225 e. The monoisotopic (exact) mass is 349 g/mol. The van der Waals surface area contributed by atoms with Gasteiger partial charge in [-0.25, -0.2) is 4.98 Å². The summed E-state index contributed by atoms with van der Waals surface area (Å²) in [5, 5.41) is 10.1. The van der Waals surface area contributed by atoms with Crippen molar-refractivity contribution in [2.45, 2.75) is 38.3 Å². The number of aromatic nitrogens is 3. The number of carbonyl (C=O) groups is 1. The molecule has 0 saturated carbocycles. The molecule has 3 aromatic rings. The average Bonchev–Trinajstić information content (AvgIpc) is 2.98. The van der Waals surface area contributed by atoms with Gasteiger partial charge in [0.25, 0.3) is 0 Å². The minimum atomic E-state index is -0.420. The maximum Gasteiger partial charge on any atom is 0.225 e. The van der Waals surface area contributed by atoms with Crippen LogP contribution in [0, 0.1) is 11.3 Å². The quantitative estimate of drug-likeness (QED) is 0.780. The van der Waals surface area contributed by atoms with Gasteiger partial charge in [0.1, 0.15) is 11.3 Å². The number of ether oxygens (including phenoxy) is 1. The zero-order chi connectivity index (χ0) is 18.3. The van der Waals surface area contributed by atoms with Crippen molar-refractivity contribution in [1.82, 2.24) is 14.5 Å². The van der Waals surface area contributed by atoms with E-state index in [-0.39, 0.29) is 18.6 Å². The molecule has 0 aliphatic carbocycles. The maximum atomic E-state index is 11.6. The first-order valence-electron chi connectivity index (χ1n) is 8.66. The molecule has 3 heterocycles. The largest absolute Gasteiger partial charge is 0.378 e. The predicted octanol–water partition coefficient (Wildman–Crippen LogP) is 2.22. The van der Waals surface area contributed by atoms with E-state index < -0.39 is 5.91 Å². The lowest BCUT2D eigenvalue weighted by molar-refractivity contribution is -0.117. The van der Waals surface area contributed by atoms with Gasteiger partial charge in [-0.1, -0.05) is 0 Å². The van der Waals surface area contributed by atoms with Gasteiger partial charge in [0.05, 0.1) is 41.4 Å². The van der Waals surface area contributed by atoms with E-state index >= 15 is 0 Å². The molecule has 26 heavy (non-hydrogen) atoms. The van der Waals surface area contributed by atoms with Crippen molar-refractivity contribution in [3.8, 4) is 6.07 Å². The van der Waals surface area contributed by atoms with Crippen molar-refractivity contribution < 1.29 is 9.53 Å². The van der Waals surface area contributed by atoms with E-state index in [0.717, 1.165) is 29.3 Å². The molecule has 1 saturated heterocycles. The van der Waals surface area contributed by atoms with E-state index in [0.29, 0.717) is 23.5 Å². The number of pyridine rings is 1. The molecule has 0 spiro atoms. The van der Waals surface area contributed by atoms with E-state index in [9.17, 15) is 10.1 Å². The third kappa shape index (κ3) is 2.78. The average molecular weight is 349 g/mol. The Labute approximate surface area is 150 Å². The fourth-order valence-electron chi connectivity index (χ4n) is 3.78. The van der Waals surface area contributed by atoms with Crippen LogP contribution in [0.15, 0.2) is 24.4 Å². The number of hydrogen-bond donors (Lipinski definition) is 1. The van der Waals surface area contributed by atoms with Crippen molar-refractivity contribution in [1.29, 1.82) is 5.26 Å². The molecule has 2 N–H and O–H groups in total. The molecule has 132 valence electrons. The Hall–Kier alpha value is -2.98. The standard InChI is InChI=1S/C19H19N5O2/c1-11-6-13(4-5-26-11)24-18(8-17(21)25)23-16-10-22-15-3-2-12(9-20)7-14(15)19(16)24/h2-3,7,10-11,13H,4-6,8H2,1H3,(H2,21,25)/t11-,13?/m1/s1. The highest BCUT2D eigenvalue weighted by atomic mass is 16.5. The van der Waals surface area contributed by atoms with Crippen LogP contribution in [0.4, 0.5) is 0 Å². The first-order chi connectivity index (χ1) is 12.6. The molecule has 2 aromatic heterocycles. The fourth-order valence-corrected chi connectivity index (χ4v) is 3.78. The Bertz CT molecular complexity index is 1050. The number of amides is 1. The lowest BCUT2D eigenvalue weighted by Gasteiger charge is -2.30. The molecule has 1 aliphatic rings. The molecule has 1 fully saturated rings. The SMILES string of the molecule is C[C@@H]1CC(n2c(CC(N)=O)nc3cnc4ccc(C#N)cc4c32)CCO1. The van der Waals surface area contributed by atoms with Crippen LogP contribution in [0.25, 0.3) is 21.9 Å². The summed E-state index contributed by atoms with van der Waals surface area (Å²) < 4.78 is 7.80. The van der Waals surface area contributed by atoms with Crippen LogP contribution in [0.2, 0.25) is 0 Å². The second-order valence-electron chi connectivity index (χ2n) is 6.74. The Morgan fingerprint density at radius 3 is 3.04 bits per heavy atom. The fraction of sp³-hybridized carbons (Fsp3) is 0.368. The topological polar surface area (TPSA) is 107 Å². The van der Waals surface area contributed by atoms with Gasteiger partial charge >= 0.3 is 0 Å². The van der Waals surface area contributed by atoms with Crippen LogP contribution < -0.4 is 5.73 Å². The molecule has 4 rings (SSSR count). The van der Waals surface area contributed by atoms with Gasteiger partial charge in [-0.05, 0) is 38.0 Å². The Morgan fingerprint density at radius 1 is 1.46 bits per heavy atom. The molecule has 1 amide bonds. The summed E-state index contributed by atoms with van der Waals surface area (Å²) in [6.45, 7) is 2.71. The number of nitrogens with two attached hydrogens (primary N) is 1. The van der Waals surface area contributed by atoms with Crippen LogP contribution in [-0.4, -0.2) is 33.2 Å². The first kappa shape index (κ1) is 16.5. The lowest BCUT2D eigenvalue weighted by Crippen LogP contribution is -2.27. The summed E-state index contributed by atoms with van der Waals surface area (Å²) >= 11 is 0. The van der Waals surface area contributed by atoms with Crippen molar-refractivity contribution in [3.05, 3.63) is 35.8 Å². The number of imidazole rings is 1. The summed E-state index contributed by atoms with van der Waals surface area (Å²) in [5.74, 6) is 0.222. The molecule has 7 heteroatoms. The van der Waals surface area contributed by atoms with Gasteiger partial charge in [0.15, 0.2) is 0 Å². The summed E-state index contributed by atoms with van der Waals surface area (Å²) in [5.41, 5.74) is 8.43. The molecule has 1 aromatic carbocycles. The minimum absolute atomic E-state index is 0.0693. The molecule has 1 aliphatic heterocycles. The van der Waals surface area contributed by atoms with E-state index in [4.69, 9.17) is 10.5 Å². The third-order valence-electron chi connectivity index (χ3n) is 4.87. The Morgan fingerprint density at radius 2 is 2.31 bits per heavy atom. The second-order valence-corrected chi connectivity index (χ2v) is 6.74.